The fraction of sp³-hybridized carbons (Fsp3) is 0.400. The van der Waals surface area contributed by atoms with Crippen LogP contribution in [0.4, 0.5) is 5.69 Å². The third-order valence-corrected chi connectivity index (χ3v) is 3.59. The van der Waals surface area contributed by atoms with Crippen LogP contribution in [-0.2, 0) is 0 Å². The largest absolute Gasteiger partial charge is 0.497 e. The Hall–Kier alpha value is -2.36. The normalized spacial score (nSPS) is 11.6. The molecule has 2 aromatic carbocycles. The summed E-state index contributed by atoms with van der Waals surface area (Å²) in [5.41, 5.74) is 1.04. The molecule has 0 fully saturated rings. The van der Waals surface area contributed by atoms with Crippen LogP contribution in [0.5, 0.6) is 17.2 Å². The van der Waals surface area contributed by atoms with Gasteiger partial charge in [0.1, 0.15) is 23.4 Å². The first-order valence-corrected chi connectivity index (χ1v) is 8.48. The van der Waals surface area contributed by atoms with Crippen LogP contribution in [0.2, 0.25) is 0 Å². The Labute approximate surface area is 144 Å². The molecule has 0 saturated heterocycles. The zero-order valence-electron chi connectivity index (χ0n) is 14.7. The van der Waals surface area contributed by atoms with Gasteiger partial charge in [-0.3, -0.25) is 0 Å². The second kappa shape index (κ2) is 9.71. The average Bonchev–Trinajstić information content (AvgIpc) is 2.61. The Morgan fingerprint density at radius 1 is 1.00 bits per heavy atom. The summed E-state index contributed by atoms with van der Waals surface area (Å²) in [7, 11) is 1.66. The molecule has 0 spiro atoms. The second-order valence-electron chi connectivity index (χ2n) is 5.71. The van der Waals surface area contributed by atoms with Gasteiger partial charge in [0, 0.05) is 11.8 Å². The smallest absolute Gasteiger partial charge is 0.121 e. The molecular formula is C20H27NO3. The van der Waals surface area contributed by atoms with Crippen LogP contribution in [0.15, 0.2) is 48.5 Å². The minimum Gasteiger partial charge on any atom is -0.497 e. The molecule has 24 heavy (non-hydrogen) atoms. The summed E-state index contributed by atoms with van der Waals surface area (Å²) in [5, 5.41) is 3.39. The highest BCUT2D eigenvalue weighted by Gasteiger charge is 2.05. The Bertz CT molecular complexity index is 598. The fourth-order valence-corrected chi connectivity index (χ4v) is 2.22. The third-order valence-electron chi connectivity index (χ3n) is 3.59. The van der Waals surface area contributed by atoms with E-state index in [9.17, 15) is 0 Å². The quantitative estimate of drug-likeness (QED) is 0.638. The fourth-order valence-electron chi connectivity index (χ4n) is 2.22. The minimum absolute atomic E-state index is 0.0445. The maximum atomic E-state index is 5.90. The second-order valence-corrected chi connectivity index (χ2v) is 5.71. The summed E-state index contributed by atoms with van der Waals surface area (Å²) < 4.78 is 16.8. The van der Waals surface area contributed by atoms with E-state index in [1.165, 1.54) is 0 Å². The summed E-state index contributed by atoms with van der Waals surface area (Å²) in [4.78, 5) is 0. The first-order valence-electron chi connectivity index (χ1n) is 8.48. The van der Waals surface area contributed by atoms with Gasteiger partial charge in [-0.15, -0.1) is 0 Å². The molecule has 1 N–H and O–H groups in total. The molecule has 1 atom stereocenters. The topological polar surface area (TPSA) is 39.7 Å². The van der Waals surface area contributed by atoms with Crippen LogP contribution in [0.1, 0.15) is 26.7 Å². The molecule has 0 aliphatic rings. The standard InChI is InChI=1S/C20H27NO3/c1-4-5-13-23-20-8-6-7-17(14-20)21-15-16(2)24-19-11-9-18(22-3)10-12-19/h6-12,14,16,21H,4-5,13,15H2,1-3H3/t16-/m1/s1. The number of methoxy groups -OCH3 is 1. The van der Waals surface area contributed by atoms with Crippen molar-refractivity contribution in [1.82, 2.24) is 0 Å². The Kier molecular flexibility index (Phi) is 7.27. The molecule has 0 aliphatic carbocycles. The van der Waals surface area contributed by atoms with E-state index >= 15 is 0 Å². The van der Waals surface area contributed by atoms with E-state index in [2.05, 4.69) is 12.2 Å². The van der Waals surface area contributed by atoms with Gasteiger partial charge >= 0.3 is 0 Å². The molecule has 2 aromatic rings. The van der Waals surface area contributed by atoms with Gasteiger partial charge in [0.25, 0.3) is 0 Å². The van der Waals surface area contributed by atoms with Crippen molar-refractivity contribution in [3.8, 4) is 17.2 Å². The van der Waals surface area contributed by atoms with Crippen molar-refractivity contribution in [2.24, 2.45) is 0 Å². The van der Waals surface area contributed by atoms with E-state index < -0.39 is 0 Å². The Morgan fingerprint density at radius 2 is 1.75 bits per heavy atom. The van der Waals surface area contributed by atoms with Gasteiger partial charge in [0.05, 0.1) is 20.3 Å². The van der Waals surface area contributed by atoms with Crippen LogP contribution in [0, 0.1) is 0 Å². The van der Waals surface area contributed by atoms with E-state index in [-0.39, 0.29) is 6.10 Å². The van der Waals surface area contributed by atoms with Crippen molar-refractivity contribution < 1.29 is 14.2 Å². The van der Waals surface area contributed by atoms with Crippen LogP contribution < -0.4 is 19.5 Å². The lowest BCUT2D eigenvalue weighted by Crippen LogP contribution is -2.22. The van der Waals surface area contributed by atoms with Gasteiger partial charge in [-0.25, -0.2) is 0 Å². The summed E-state index contributed by atoms with van der Waals surface area (Å²) in [5.74, 6) is 2.56. The molecule has 0 amide bonds. The molecular weight excluding hydrogens is 302 g/mol. The number of rotatable bonds is 10. The molecule has 0 bridgehead atoms. The van der Waals surface area contributed by atoms with Crippen molar-refractivity contribution in [3.63, 3.8) is 0 Å². The molecule has 0 aliphatic heterocycles. The van der Waals surface area contributed by atoms with Crippen LogP contribution in [0.25, 0.3) is 0 Å². The van der Waals surface area contributed by atoms with Crippen molar-refractivity contribution in [1.29, 1.82) is 0 Å². The lowest BCUT2D eigenvalue weighted by molar-refractivity contribution is 0.234. The molecule has 4 nitrogen and oxygen atoms in total. The Morgan fingerprint density at radius 3 is 2.46 bits per heavy atom. The first-order chi connectivity index (χ1) is 11.7. The molecule has 0 heterocycles. The zero-order chi connectivity index (χ0) is 17.2. The summed E-state index contributed by atoms with van der Waals surface area (Å²) >= 11 is 0. The number of ether oxygens (including phenoxy) is 3. The van der Waals surface area contributed by atoms with Crippen molar-refractivity contribution in [2.75, 3.05) is 25.6 Å². The van der Waals surface area contributed by atoms with E-state index in [4.69, 9.17) is 14.2 Å². The summed E-state index contributed by atoms with van der Waals surface area (Å²) in [6.07, 6.45) is 2.26. The predicted molar refractivity (Wildman–Crippen MR) is 98.4 cm³/mol. The maximum absolute atomic E-state index is 5.90. The first kappa shape index (κ1) is 18.0. The molecule has 0 radical (unpaired) electrons. The number of unbranched alkanes of at least 4 members (excludes halogenated alkanes) is 1. The van der Waals surface area contributed by atoms with Gasteiger partial charge in [-0.05, 0) is 49.7 Å². The van der Waals surface area contributed by atoms with Gasteiger partial charge < -0.3 is 19.5 Å². The zero-order valence-corrected chi connectivity index (χ0v) is 14.7. The SMILES string of the molecule is CCCCOc1cccc(NC[C@@H](C)Oc2ccc(OC)cc2)c1. The van der Waals surface area contributed by atoms with E-state index in [0.29, 0.717) is 6.54 Å². The van der Waals surface area contributed by atoms with Crippen LogP contribution in [0.3, 0.4) is 0 Å². The number of benzene rings is 2. The lowest BCUT2D eigenvalue weighted by atomic mass is 10.2. The number of hydrogen-bond acceptors (Lipinski definition) is 4. The average molecular weight is 329 g/mol. The monoisotopic (exact) mass is 329 g/mol. The van der Waals surface area contributed by atoms with Gasteiger partial charge in [-0.1, -0.05) is 19.4 Å². The summed E-state index contributed by atoms with van der Waals surface area (Å²) in [6.45, 7) is 5.67. The number of hydrogen-bond donors (Lipinski definition) is 1. The molecule has 0 saturated carbocycles. The minimum atomic E-state index is 0.0445. The highest BCUT2D eigenvalue weighted by atomic mass is 16.5. The Balaban J connectivity index is 1.80. The van der Waals surface area contributed by atoms with Crippen molar-refractivity contribution >= 4 is 5.69 Å². The molecule has 0 unspecified atom stereocenters. The van der Waals surface area contributed by atoms with Crippen molar-refractivity contribution in [3.05, 3.63) is 48.5 Å². The number of anilines is 1. The molecule has 130 valence electrons. The molecule has 0 aromatic heterocycles. The van der Waals surface area contributed by atoms with Crippen LogP contribution in [-0.4, -0.2) is 26.4 Å². The lowest BCUT2D eigenvalue weighted by Gasteiger charge is -2.17. The molecule has 4 heteroatoms. The van der Waals surface area contributed by atoms with Gasteiger partial charge in [-0.2, -0.15) is 0 Å². The highest BCUT2D eigenvalue weighted by molar-refractivity contribution is 5.48. The van der Waals surface area contributed by atoms with Crippen molar-refractivity contribution in [2.45, 2.75) is 32.8 Å². The molecule has 2 rings (SSSR count). The third kappa shape index (κ3) is 6.03. The predicted octanol–water partition coefficient (Wildman–Crippen LogP) is 4.75. The van der Waals surface area contributed by atoms with Gasteiger partial charge in [0.2, 0.25) is 0 Å². The van der Waals surface area contributed by atoms with Gasteiger partial charge in [0.15, 0.2) is 0 Å². The van der Waals surface area contributed by atoms with E-state index in [0.717, 1.165) is 42.4 Å². The van der Waals surface area contributed by atoms with E-state index in [1.54, 1.807) is 7.11 Å². The van der Waals surface area contributed by atoms with Crippen LogP contribution >= 0.6 is 0 Å². The number of nitrogens with one attached hydrogen (secondary N) is 1. The highest BCUT2D eigenvalue weighted by Crippen LogP contribution is 2.20. The summed E-state index contributed by atoms with van der Waals surface area (Å²) in [6, 6.07) is 15.7. The van der Waals surface area contributed by atoms with E-state index in [1.807, 2.05) is 55.5 Å². The maximum Gasteiger partial charge on any atom is 0.121 e.